The molecule has 0 N–H and O–H groups in total. The van der Waals surface area contributed by atoms with E-state index in [0.29, 0.717) is 49.8 Å². The molecule has 162 valence electrons. The highest BCUT2D eigenvalue weighted by Crippen LogP contribution is 2.51. The van der Waals surface area contributed by atoms with Gasteiger partial charge in [-0.2, -0.15) is 0 Å². The van der Waals surface area contributed by atoms with Crippen LogP contribution in [0.15, 0.2) is 75.1 Å². The summed E-state index contributed by atoms with van der Waals surface area (Å²) in [6.45, 7) is 4.12. The van der Waals surface area contributed by atoms with E-state index >= 15 is 0 Å². The molecule has 0 saturated carbocycles. The van der Waals surface area contributed by atoms with Crippen molar-refractivity contribution in [1.82, 2.24) is 0 Å². The monoisotopic (exact) mass is 558 g/mol. The van der Waals surface area contributed by atoms with Crippen LogP contribution in [-0.4, -0.2) is 5.78 Å². The van der Waals surface area contributed by atoms with Crippen molar-refractivity contribution >= 4 is 40.0 Å². The van der Waals surface area contributed by atoms with E-state index in [2.05, 4.69) is 36.4 Å². The van der Waals surface area contributed by atoms with Gasteiger partial charge in [-0.1, -0.05) is 67.9 Å². The Kier molecular flexibility index (Phi) is 5.29. The van der Waals surface area contributed by atoms with E-state index in [1.54, 1.807) is 12.1 Å². The van der Waals surface area contributed by atoms with Gasteiger partial charge in [-0.25, -0.2) is 4.79 Å². The van der Waals surface area contributed by atoms with Crippen molar-refractivity contribution in [1.29, 1.82) is 0 Å². The van der Waals surface area contributed by atoms with E-state index in [-0.39, 0.29) is 11.2 Å². The molecule has 1 aliphatic carbocycles. The van der Waals surface area contributed by atoms with Gasteiger partial charge in [-0.05, 0) is 45.7 Å². The molecular formula is C26H20ClIO4. The zero-order chi connectivity index (χ0) is 22.6. The second kappa shape index (κ2) is 7.89. The molecule has 3 aromatic rings. The lowest BCUT2D eigenvalue weighted by Crippen LogP contribution is -2.35. The Balaban J connectivity index is 1.78. The summed E-state index contributed by atoms with van der Waals surface area (Å²) in [5, 5.41) is 0.590. The Morgan fingerprint density at radius 3 is 2.38 bits per heavy atom. The first-order valence-corrected chi connectivity index (χ1v) is 11.8. The van der Waals surface area contributed by atoms with E-state index in [9.17, 15) is 9.59 Å². The molecule has 2 aromatic carbocycles. The number of fused-ring (bicyclic) bond motifs is 1. The maximum atomic E-state index is 13.4. The minimum absolute atomic E-state index is 0.00314. The van der Waals surface area contributed by atoms with E-state index in [0.717, 1.165) is 11.1 Å². The zero-order valence-corrected chi connectivity index (χ0v) is 20.5. The molecule has 6 heteroatoms. The molecule has 2 heterocycles. The van der Waals surface area contributed by atoms with Crippen LogP contribution in [0.25, 0.3) is 11.3 Å². The number of benzene rings is 2. The predicted octanol–water partition coefficient (Wildman–Crippen LogP) is 6.73. The van der Waals surface area contributed by atoms with Crippen LogP contribution in [0.3, 0.4) is 0 Å². The average Bonchev–Trinajstić information content (AvgIpc) is 2.75. The molecule has 32 heavy (non-hydrogen) atoms. The van der Waals surface area contributed by atoms with Gasteiger partial charge in [0.2, 0.25) is 0 Å². The van der Waals surface area contributed by atoms with E-state index in [1.807, 2.05) is 42.5 Å². The lowest BCUT2D eigenvalue weighted by atomic mass is 9.70. The minimum atomic E-state index is -0.552. The largest absolute Gasteiger partial charge is 0.459 e. The Labute approximate surface area is 204 Å². The van der Waals surface area contributed by atoms with Crippen molar-refractivity contribution in [3.8, 4) is 17.1 Å². The van der Waals surface area contributed by atoms with Gasteiger partial charge in [0.1, 0.15) is 5.76 Å². The molecule has 0 saturated heterocycles. The molecule has 0 fully saturated rings. The van der Waals surface area contributed by atoms with Crippen molar-refractivity contribution in [2.75, 3.05) is 0 Å². The van der Waals surface area contributed by atoms with Crippen LogP contribution in [0.4, 0.5) is 0 Å². The van der Waals surface area contributed by atoms with Crippen LogP contribution >= 0.6 is 34.2 Å². The Morgan fingerprint density at radius 2 is 1.69 bits per heavy atom. The second-order valence-corrected chi connectivity index (χ2v) is 10.5. The number of Topliss-reactive ketones (excluding diaryl/α,β-unsaturated/α-hetero) is 1. The van der Waals surface area contributed by atoms with Crippen LogP contribution in [0.1, 0.15) is 43.7 Å². The third kappa shape index (κ3) is 3.61. The number of carbonyl (C=O) groups excluding carboxylic acids is 1. The minimum Gasteiger partial charge on any atom is -0.459 e. The number of carbonyl (C=O) groups is 1. The second-order valence-electron chi connectivity index (χ2n) is 9.01. The van der Waals surface area contributed by atoms with Crippen molar-refractivity contribution in [3.63, 3.8) is 0 Å². The first kappa shape index (κ1) is 21.5. The molecule has 2 aliphatic rings. The van der Waals surface area contributed by atoms with Gasteiger partial charge in [0.15, 0.2) is 17.3 Å². The first-order valence-electron chi connectivity index (χ1n) is 10.4. The van der Waals surface area contributed by atoms with Crippen LogP contribution < -0.4 is 10.4 Å². The number of allylic oxidation sites excluding steroid dienone is 2. The van der Waals surface area contributed by atoms with Gasteiger partial charge in [-0.15, -0.1) is 0 Å². The highest BCUT2D eigenvalue weighted by molar-refractivity contribution is 14.1. The smallest absolute Gasteiger partial charge is 0.344 e. The molecule has 0 spiro atoms. The summed E-state index contributed by atoms with van der Waals surface area (Å²) < 4.78 is 12.9. The summed E-state index contributed by atoms with van der Waals surface area (Å²) in [6.07, 6.45) is 1.02. The highest BCUT2D eigenvalue weighted by atomic mass is 127. The van der Waals surface area contributed by atoms with E-state index in [4.69, 9.17) is 20.8 Å². The van der Waals surface area contributed by atoms with Gasteiger partial charge >= 0.3 is 5.63 Å². The normalized spacial score (nSPS) is 19.2. The van der Waals surface area contributed by atoms with Crippen molar-refractivity contribution in [3.05, 3.63) is 96.1 Å². The maximum Gasteiger partial charge on any atom is 0.344 e. The fourth-order valence-electron chi connectivity index (χ4n) is 4.58. The SMILES string of the molecule is CC1(C)CC(=O)C2=C(C1)Oc1c(I)c(-c3ccccc3)oc(=O)c1C2c1ccc(Cl)cc1. The zero-order valence-electron chi connectivity index (χ0n) is 17.6. The van der Waals surface area contributed by atoms with Gasteiger partial charge in [-0.3, -0.25) is 4.79 Å². The third-order valence-corrected chi connectivity index (χ3v) is 7.21. The van der Waals surface area contributed by atoms with E-state index in [1.165, 1.54) is 0 Å². The molecule has 0 radical (unpaired) electrons. The molecule has 1 aliphatic heterocycles. The number of hydrogen-bond acceptors (Lipinski definition) is 4. The molecule has 1 unspecified atom stereocenters. The fraction of sp³-hybridized carbons (Fsp3) is 0.231. The van der Waals surface area contributed by atoms with Gasteiger partial charge in [0, 0.05) is 29.0 Å². The lowest BCUT2D eigenvalue weighted by molar-refractivity contribution is -0.118. The standard InChI is InChI=1S/C26H20ClIO4/c1-26(2)12-17(29)20-18(13-26)31-24-21(19(20)14-8-10-16(27)11-9-14)25(30)32-23(22(24)28)15-6-4-3-5-7-15/h3-11,19H,12-13H2,1-2H3. The molecule has 4 nitrogen and oxygen atoms in total. The average molecular weight is 559 g/mol. The summed E-state index contributed by atoms with van der Waals surface area (Å²) in [7, 11) is 0. The van der Waals surface area contributed by atoms with Crippen molar-refractivity contribution < 1.29 is 13.9 Å². The van der Waals surface area contributed by atoms with Crippen LogP contribution in [0, 0.1) is 8.99 Å². The number of halogens is 2. The summed E-state index contributed by atoms with van der Waals surface area (Å²) in [5.41, 5.74) is 1.81. The Hall–Kier alpha value is -2.38. The Morgan fingerprint density at radius 1 is 1.00 bits per heavy atom. The molecule has 1 atom stereocenters. The summed E-state index contributed by atoms with van der Waals surface area (Å²) >= 11 is 8.28. The molecular weight excluding hydrogens is 539 g/mol. The van der Waals surface area contributed by atoms with Gasteiger partial charge in [0.05, 0.1) is 15.1 Å². The lowest BCUT2D eigenvalue weighted by Gasteiger charge is -2.38. The van der Waals surface area contributed by atoms with E-state index < -0.39 is 11.5 Å². The van der Waals surface area contributed by atoms with Crippen LogP contribution in [-0.2, 0) is 4.79 Å². The number of ketones is 1. The van der Waals surface area contributed by atoms with Gasteiger partial charge < -0.3 is 9.15 Å². The predicted molar refractivity (Wildman–Crippen MR) is 132 cm³/mol. The van der Waals surface area contributed by atoms with Gasteiger partial charge in [0.25, 0.3) is 0 Å². The summed E-state index contributed by atoms with van der Waals surface area (Å²) in [5.74, 6) is 1.04. The quantitative estimate of drug-likeness (QED) is 0.327. The number of hydrogen-bond donors (Lipinski definition) is 0. The fourth-order valence-corrected chi connectivity index (χ4v) is 5.53. The van der Waals surface area contributed by atoms with Crippen molar-refractivity contribution in [2.24, 2.45) is 5.41 Å². The number of ether oxygens (including phenoxy) is 1. The Bertz CT molecular complexity index is 1320. The summed E-state index contributed by atoms with van der Waals surface area (Å²) in [4.78, 5) is 26.7. The molecule has 1 aromatic heterocycles. The third-order valence-electron chi connectivity index (χ3n) is 5.98. The van der Waals surface area contributed by atoms with Crippen molar-refractivity contribution in [2.45, 2.75) is 32.6 Å². The van der Waals surface area contributed by atoms with Crippen LogP contribution in [0.2, 0.25) is 5.02 Å². The highest BCUT2D eigenvalue weighted by Gasteiger charge is 2.44. The summed E-state index contributed by atoms with van der Waals surface area (Å²) in [6, 6.07) is 16.7. The molecule has 0 amide bonds. The van der Waals surface area contributed by atoms with Crippen LogP contribution in [0.5, 0.6) is 5.75 Å². The number of rotatable bonds is 2. The topological polar surface area (TPSA) is 56.5 Å². The first-order chi connectivity index (χ1) is 15.2. The molecule has 5 rings (SSSR count). The molecule has 0 bridgehead atoms. The maximum absolute atomic E-state index is 13.4.